The second-order valence-electron chi connectivity index (χ2n) is 6.33. The Hall–Kier alpha value is -0.890. The summed E-state index contributed by atoms with van der Waals surface area (Å²) in [6.45, 7) is 13.6. The van der Waals surface area contributed by atoms with Crippen LogP contribution < -0.4 is 0 Å². The summed E-state index contributed by atoms with van der Waals surface area (Å²) in [6, 6.07) is 2.19. The Morgan fingerprint density at radius 3 is 2.59 bits per heavy atom. The molecular formula is C15H24N2. The summed E-state index contributed by atoms with van der Waals surface area (Å²) in [4.78, 5) is 7.12. The van der Waals surface area contributed by atoms with Gasteiger partial charge in [0.25, 0.3) is 0 Å². The largest absolute Gasteiger partial charge is 0.294 e. The quantitative estimate of drug-likeness (QED) is 0.738. The number of rotatable bonds is 1. The van der Waals surface area contributed by atoms with Gasteiger partial charge in [-0.3, -0.25) is 9.88 Å². The Labute approximate surface area is 105 Å². The third-order valence-corrected chi connectivity index (χ3v) is 3.67. The molecule has 0 aliphatic carbocycles. The van der Waals surface area contributed by atoms with E-state index in [1.807, 2.05) is 6.20 Å². The summed E-state index contributed by atoms with van der Waals surface area (Å²) in [5.41, 5.74) is 4.54. The second kappa shape index (κ2) is 4.41. The summed E-state index contributed by atoms with van der Waals surface area (Å²) in [7, 11) is 0. The van der Waals surface area contributed by atoms with Gasteiger partial charge in [0.1, 0.15) is 0 Å². The maximum absolute atomic E-state index is 4.56. The van der Waals surface area contributed by atoms with Crippen LogP contribution in [0.3, 0.4) is 0 Å². The molecule has 0 unspecified atom stereocenters. The van der Waals surface area contributed by atoms with Crippen LogP contribution in [-0.2, 0) is 13.0 Å². The fourth-order valence-electron chi connectivity index (χ4n) is 2.59. The normalized spacial score (nSPS) is 17.3. The molecule has 0 radical (unpaired) electrons. The lowest BCUT2D eigenvalue weighted by Crippen LogP contribution is -2.44. The molecule has 2 nitrogen and oxygen atoms in total. The molecule has 0 fully saturated rings. The Kier molecular flexibility index (Phi) is 3.26. The zero-order valence-electron chi connectivity index (χ0n) is 11.7. The van der Waals surface area contributed by atoms with E-state index in [4.69, 9.17) is 0 Å². The van der Waals surface area contributed by atoms with Gasteiger partial charge >= 0.3 is 0 Å². The first-order chi connectivity index (χ1) is 7.89. The number of hydrogen-bond donors (Lipinski definition) is 0. The minimum atomic E-state index is 0.263. The van der Waals surface area contributed by atoms with Gasteiger partial charge in [0.2, 0.25) is 0 Å². The molecule has 0 bridgehead atoms. The van der Waals surface area contributed by atoms with Gasteiger partial charge in [-0.15, -0.1) is 0 Å². The monoisotopic (exact) mass is 232 g/mol. The smallest absolute Gasteiger partial charge is 0.0464 e. The highest BCUT2D eigenvalue weighted by molar-refractivity contribution is 5.34. The van der Waals surface area contributed by atoms with E-state index >= 15 is 0 Å². The maximum Gasteiger partial charge on any atom is 0.0464 e. The minimum absolute atomic E-state index is 0.263. The first-order valence-corrected chi connectivity index (χ1v) is 6.61. The molecule has 1 aromatic rings. The molecule has 0 atom stereocenters. The lowest BCUT2D eigenvalue weighted by Gasteiger charge is -2.39. The van der Waals surface area contributed by atoms with Crippen molar-refractivity contribution in [3.05, 3.63) is 29.1 Å². The Bertz CT molecular complexity index is 402. The van der Waals surface area contributed by atoms with Gasteiger partial charge in [-0.2, -0.15) is 0 Å². The molecule has 1 aromatic heterocycles. The van der Waals surface area contributed by atoms with Crippen LogP contribution in [0, 0.1) is 0 Å². The molecule has 0 aromatic carbocycles. The second-order valence-corrected chi connectivity index (χ2v) is 6.33. The molecular weight excluding hydrogens is 208 g/mol. The van der Waals surface area contributed by atoms with Crippen LogP contribution in [0.5, 0.6) is 0 Å². The summed E-state index contributed by atoms with van der Waals surface area (Å²) in [5, 5.41) is 0. The molecule has 2 heterocycles. The molecule has 0 spiro atoms. The Balaban J connectivity index is 2.31. The van der Waals surface area contributed by atoms with Crippen molar-refractivity contribution in [1.82, 2.24) is 9.88 Å². The van der Waals surface area contributed by atoms with Gasteiger partial charge < -0.3 is 0 Å². The zero-order valence-corrected chi connectivity index (χ0v) is 11.7. The zero-order chi connectivity index (χ0) is 12.6. The van der Waals surface area contributed by atoms with Crippen LogP contribution in [0.4, 0.5) is 0 Å². The molecule has 2 rings (SSSR count). The summed E-state index contributed by atoms with van der Waals surface area (Å²) >= 11 is 0. The number of fused-ring (bicyclic) bond motifs is 1. The first kappa shape index (κ1) is 12.6. The van der Waals surface area contributed by atoms with Crippen LogP contribution >= 0.6 is 0 Å². The standard InChI is InChI=1S/C15H24N2/c1-11(2)14-13-7-9-17(15(3,4)5)10-12(13)6-8-16-14/h6,8,11H,7,9-10H2,1-5H3. The summed E-state index contributed by atoms with van der Waals surface area (Å²) in [6.07, 6.45) is 3.12. The third kappa shape index (κ3) is 2.52. The maximum atomic E-state index is 4.56. The van der Waals surface area contributed by atoms with E-state index < -0.39 is 0 Å². The van der Waals surface area contributed by atoms with E-state index in [9.17, 15) is 0 Å². The summed E-state index contributed by atoms with van der Waals surface area (Å²) in [5.74, 6) is 0.533. The van der Waals surface area contributed by atoms with Gasteiger partial charge in [0.05, 0.1) is 0 Å². The number of nitrogens with zero attached hydrogens (tertiary/aromatic N) is 2. The Morgan fingerprint density at radius 2 is 2.00 bits per heavy atom. The first-order valence-electron chi connectivity index (χ1n) is 6.61. The average Bonchev–Trinajstić information content (AvgIpc) is 2.26. The van der Waals surface area contributed by atoms with Gasteiger partial charge in [-0.1, -0.05) is 13.8 Å². The molecule has 0 N–H and O–H groups in total. The topological polar surface area (TPSA) is 16.1 Å². The van der Waals surface area contributed by atoms with E-state index in [1.54, 1.807) is 0 Å². The molecule has 0 amide bonds. The van der Waals surface area contributed by atoms with Gasteiger partial charge in [-0.05, 0) is 50.3 Å². The fraction of sp³-hybridized carbons (Fsp3) is 0.667. The van der Waals surface area contributed by atoms with Crippen LogP contribution in [0.1, 0.15) is 57.4 Å². The molecule has 2 heteroatoms. The molecule has 1 aliphatic rings. The van der Waals surface area contributed by atoms with E-state index in [-0.39, 0.29) is 5.54 Å². The molecule has 0 saturated heterocycles. The van der Waals surface area contributed by atoms with Crippen molar-refractivity contribution in [3.8, 4) is 0 Å². The van der Waals surface area contributed by atoms with Gasteiger partial charge in [0.15, 0.2) is 0 Å². The van der Waals surface area contributed by atoms with E-state index in [2.05, 4.69) is 50.6 Å². The van der Waals surface area contributed by atoms with Gasteiger partial charge in [-0.25, -0.2) is 0 Å². The SMILES string of the molecule is CC(C)c1nccc2c1CCN(C(C)(C)C)C2. The minimum Gasteiger partial charge on any atom is -0.294 e. The average molecular weight is 232 g/mol. The number of aromatic nitrogens is 1. The molecule has 94 valence electrons. The van der Waals surface area contributed by atoms with Crippen molar-refractivity contribution in [2.24, 2.45) is 0 Å². The number of pyridine rings is 1. The highest BCUT2D eigenvalue weighted by Gasteiger charge is 2.27. The van der Waals surface area contributed by atoms with E-state index in [0.29, 0.717) is 5.92 Å². The highest BCUT2D eigenvalue weighted by atomic mass is 15.2. The third-order valence-electron chi connectivity index (χ3n) is 3.67. The van der Waals surface area contributed by atoms with Crippen LogP contribution in [0.15, 0.2) is 12.3 Å². The molecule has 1 aliphatic heterocycles. The highest BCUT2D eigenvalue weighted by Crippen LogP contribution is 2.28. The van der Waals surface area contributed by atoms with Gasteiger partial charge in [0, 0.05) is 30.5 Å². The van der Waals surface area contributed by atoms with Crippen molar-refractivity contribution in [2.45, 2.75) is 59.0 Å². The van der Waals surface area contributed by atoms with Crippen LogP contribution in [0.25, 0.3) is 0 Å². The lowest BCUT2D eigenvalue weighted by molar-refractivity contribution is 0.120. The molecule has 0 saturated carbocycles. The lowest BCUT2D eigenvalue weighted by atomic mass is 9.91. The van der Waals surface area contributed by atoms with E-state index in [1.165, 1.54) is 16.8 Å². The van der Waals surface area contributed by atoms with Crippen molar-refractivity contribution >= 4 is 0 Å². The predicted molar refractivity (Wildman–Crippen MR) is 72.2 cm³/mol. The van der Waals surface area contributed by atoms with Crippen molar-refractivity contribution in [3.63, 3.8) is 0 Å². The Morgan fingerprint density at radius 1 is 1.29 bits per heavy atom. The van der Waals surface area contributed by atoms with Crippen molar-refractivity contribution < 1.29 is 0 Å². The number of hydrogen-bond acceptors (Lipinski definition) is 2. The van der Waals surface area contributed by atoms with Crippen molar-refractivity contribution in [2.75, 3.05) is 6.54 Å². The van der Waals surface area contributed by atoms with Crippen LogP contribution in [-0.4, -0.2) is 22.0 Å². The van der Waals surface area contributed by atoms with Crippen LogP contribution in [0.2, 0.25) is 0 Å². The van der Waals surface area contributed by atoms with E-state index in [0.717, 1.165) is 19.5 Å². The fourth-order valence-corrected chi connectivity index (χ4v) is 2.59. The summed E-state index contributed by atoms with van der Waals surface area (Å²) < 4.78 is 0. The van der Waals surface area contributed by atoms with Crippen molar-refractivity contribution in [1.29, 1.82) is 0 Å². The predicted octanol–water partition coefficient (Wildman–Crippen LogP) is 3.36. The molecule has 17 heavy (non-hydrogen) atoms.